The van der Waals surface area contributed by atoms with Crippen molar-refractivity contribution in [2.24, 2.45) is 0 Å². The smallest absolute Gasteiger partial charge is 0.244 e. The molecular formula is C25H35ClN2O4S. The Morgan fingerprint density at radius 2 is 1.73 bits per heavy atom. The van der Waals surface area contributed by atoms with Crippen LogP contribution < -0.4 is 14.4 Å². The Labute approximate surface area is 203 Å². The quantitative estimate of drug-likeness (QED) is 0.498. The van der Waals surface area contributed by atoms with Crippen molar-refractivity contribution in [3.8, 4) is 5.75 Å². The van der Waals surface area contributed by atoms with E-state index < -0.39 is 16.1 Å². The largest absolute Gasteiger partial charge is 0.496 e. The van der Waals surface area contributed by atoms with E-state index in [0.717, 1.165) is 38.6 Å². The van der Waals surface area contributed by atoms with Gasteiger partial charge in [0, 0.05) is 5.02 Å². The van der Waals surface area contributed by atoms with Crippen molar-refractivity contribution in [1.82, 2.24) is 5.32 Å². The highest BCUT2D eigenvalue weighted by Gasteiger charge is 2.32. The van der Waals surface area contributed by atoms with Crippen LogP contribution in [0.3, 0.4) is 0 Å². The Kier molecular flexibility index (Phi) is 8.82. The highest BCUT2D eigenvalue weighted by Crippen LogP contribution is 2.33. The highest BCUT2D eigenvalue weighted by molar-refractivity contribution is 7.92. The van der Waals surface area contributed by atoms with Crippen molar-refractivity contribution >= 4 is 33.2 Å². The van der Waals surface area contributed by atoms with Crippen LogP contribution in [0.25, 0.3) is 0 Å². The predicted octanol–water partition coefficient (Wildman–Crippen LogP) is 5.51. The summed E-state index contributed by atoms with van der Waals surface area (Å²) in [5.41, 5.74) is 4.20. The topological polar surface area (TPSA) is 75.7 Å². The van der Waals surface area contributed by atoms with Gasteiger partial charge in [-0.1, -0.05) is 38.4 Å². The van der Waals surface area contributed by atoms with Crippen LogP contribution in [0.15, 0.2) is 30.3 Å². The number of hydrogen-bond donors (Lipinski definition) is 1. The van der Waals surface area contributed by atoms with E-state index in [-0.39, 0.29) is 17.9 Å². The van der Waals surface area contributed by atoms with E-state index in [0.29, 0.717) is 17.1 Å². The minimum atomic E-state index is -3.74. The SMILES string of the molecule is CC[C@H](C(=O)N[C@@H](C)c1cc(C(C)C)c(OC)cc1C)N(c1ccc(C)c(Cl)c1)S(C)(=O)=O. The number of sulfonamides is 1. The first kappa shape index (κ1) is 27.0. The van der Waals surface area contributed by atoms with Crippen molar-refractivity contribution in [3.63, 3.8) is 0 Å². The molecule has 0 aliphatic carbocycles. The van der Waals surface area contributed by atoms with Gasteiger partial charge in [-0.3, -0.25) is 9.10 Å². The zero-order valence-electron chi connectivity index (χ0n) is 20.7. The van der Waals surface area contributed by atoms with Gasteiger partial charge < -0.3 is 10.1 Å². The molecule has 2 aromatic carbocycles. The van der Waals surface area contributed by atoms with Gasteiger partial charge in [0.2, 0.25) is 15.9 Å². The number of halogens is 1. The van der Waals surface area contributed by atoms with Crippen LogP contribution in [0, 0.1) is 13.8 Å². The first-order valence-electron chi connectivity index (χ1n) is 11.1. The molecule has 0 fully saturated rings. The normalized spacial score (nSPS) is 13.5. The number of rotatable bonds is 9. The average Bonchev–Trinajstić information content (AvgIpc) is 2.72. The standard InChI is InChI=1S/C25H35ClN2O4S/c1-9-23(28(33(8,30)31)19-11-10-16(4)22(26)13-19)25(29)27-18(6)21-14-20(15(2)3)24(32-7)12-17(21)5/h10-15,18,23H,9H2,1-8H3,(H,27,29)/t18-,23+/m0/s1. The van der Waals surface area contributed by atoms with E-state index in [1.807, 2.05) is 26.8 Å². The van der Waals surface area contributed by atoms with E-state index in [9.17, 15) is 13.2 Å². The monoisotopic (exact) mass is 494 g/mol. The molecule has 0 aliphatic rings. The molecule has 0 radical (unpaired) electrons. The van der Waals surface area contributed by atoms with Crippen LogP contribution in [-0.4, -0.2) is 33.7 Å². The molecular weight excluding hydrogens is 460 g/mol. The summed E-state index contributed by atoms with van der Waals surface area (Å²) in [4.78, 5) is 13.3. The zero-order chi connectivity index (χ0) is 25.1. The van der Waals surface area contributed by atoms with Gasteiger partial charge in [0.15, 0.2) is 0 Å². The number of aryl methyl sites for hydroxylation is 2. The van der Waals surface area contributed by atoms with Crippen LogP contribution in [0.1, 0.15) is 68.3 Å². The third kappa shape index (κ3) is 6.21. The highest BCUT2D eigenvalue weighted by atomic mass is 35.5. The van der Waals surface area contributed by atoms with E-state index >= 15 is 0 Å². The summed E-state index contributed by atoms with van der Waals surface area (Å²) in [5, 5.41) is 3.47. The minimum Gasteiger partial charge on any atom is -0.496 e. The average molecular weight is 495 g/mol. The maximum atomic E-state index is 13.3. The van der Waals surface area contributed by atoms with Gasteiger partial charge in [-0.05, 0) is 79.6 Å². The molecule has 0 spiro atoms. The third-order valence-electron chi connectivity index (χ3n) is 5.81. The fourth-order valence-electron chi connectivity index (χ4n) is 3.98. The molecule has 8 heteroatoms. The summed E-state index contributed by atoms with van der Waals surface area (Å²) in [7, 11) is -2.09. The van der Waals surface area contributed by atoms with Gasteiger partial charge in [-0.25, -0.2) is 8.42 Å². The molecule has 0 aromatic heterocycles. The first-order valence-corrected chi connectivity index (χ1v) is 13.3. The lowest BCUT2D eigenvalue weighted by Crippen LogP contribution is -2.49. The summed E-state index contributed by atoms with van der Waals surface area (Å²) >= 11 is 6.25. The number of nitrogens with one attached hydrogen (secondary N) is 1. The molecule has 0 heterocycles. The fraction of sp³-hybridized carbons (Fsp3) is 0.480. The number of anilines is 1. The summed E-state index contributed by atoms with van der Waals surface area (Å²) < 4.78 is 32.1. The number of nitrogens with zero attached hydrogens (tertiary/aromatic N) is 1. The molecule has 2 rings (SSSR count). The lowest BCUT2D eigenvalue weighted by Gasteiger charge is -2.31. The van der Waals surface area contributed by atoms with Crippen LogP contribution >= 0.6 is 11.6 Å². The van der Waals surface area contributed by atoms with Gasteiger partial charge >= 0.3 is 0 Å². The van der Waals surface area contributed by atoms with Crippen molar-refractivity contribution in [2.75, 3.05) is 17.7 Å². The molecule has 0 bridgehead atoms. The second-order valence-corrected chi connectivity index (χ2v) is 11.0. The fourth-order valence-corrected chi connectivity index (χ4v) is 5.36. The Bertz CT molecular complexity index is 1120. The number of carbonyl (C=O) groups excluding carboxylic acids is 1. The number of carbonyl (C=O) groups is 1. The second kappa shape index (κ2) is 10.8. The molecule has 0 aliphatic heterocycles. The van der Waals surface area contributed by atoms with Crippen molar-refractivity contribution in [1.29, 1.82) is 0 Å². The maximum Gasteiger partial charge on any atom is 0.244 e. The van der Waals surface area contributed by atoms with Crippen LogP contribution in [0.5, 0.6) is 5.75 Å². The minimum absolute atomic E-state index is 0.248. The molecule has 182 valence electrons. The molecule has 0 saturated heterocycles. The number of methoxy groups -OCH3 is 1. The summed E-state index contributed by atoms with van der Waals surface area (Å²) in [6, 6.07) is 7.80. The molecule has 0 unspecified atom stereocenters. The van der Waals surface area contributed by atoms with Gasteiger partial charge in [0.25, 0.3) is 0 Å². The molecule has 33 heavy (non-hydrogen) atoms. The second-order valence-electron chi connectivity index (χ2n) is 8.75. The summed E-state index contributed by atoms with van der Waals surface area (Å²) in [5.74, 6) is 0.696. The maximum absolute atomic E-state index is 13.3. The number of amides is 1. The first-order chi connectivity index (χ1) is 15.3. The number of hydrogen-bond acceptors (Lipinski definition) is 4. The summed E-state index contributed by atoms with van der Waals surface area (Å²) in [6.07, 6.45) is 1.40. The Morgan fingerprint density at radius 3 is 2.21 bits per heavy atom. The van der Waals surface area contributed by atoms with Gasteiger partial charge in [0.05, 0.1) is 25.1 Å². The Morgan fingerprint density at radius 1 is 1.09 bits per heavy atom. The van der Waals surface area contributed by atoms with Crippen molar-refractivity contribution in [3.05, 3.63) is 57.6 Å². The van der Waals surface area contributed by atoms with E-state index in [1.54, 1.807) is 32.2 Å². The van der Waals surface area contributed by atoms with Gasteiger partial charge in [0.1, 0.15) is 11.8 Å². The molecule has 2 atom stereocenters. The van der Waals surface area contributed by atoms with Crippen molar-refractivity contribution in [2.45, 2.75) is 66.0 Å². The van der Waals surface area contributed by atoms with Crippen molar-refractivity contribution < 1.29 is 17.9 Å². The molecule has 2 aromatic rings. The van der Waals surface area contributed by atoms with Crippen LogP contribution in [0.2, 0.25) is 5.02 Å². The molecule has 1 N–H and O–H groups in total. The van der Waals surface area contributed by atoms with Gasteiger partial charge in [-0.2, -0.15) is 0 Å². The molecule has 6 nitrogen and oxygen atoms in total. The predicted molar refractivity (Wildman–Crippen MR) is 136 cm³/mol. The van der Waals surface area contributed by atoms with Crippen LogP contribution in [0.4, 0.5) is 5.69 Å². The zero-order valence-corrected chi connectivity index (χ0v) is 22.3. The molecule has 0 saturated carbocycles. The van der Waals surface area contributed by atoms with Gasteiger partial charge in [-0.15, -0.1) is 0 Å². The number of benzene rings is 2. The third-order valence-corrected chi connectivity index (χ3v) is 7.39. The van der Waals surface area contributed by atoms with Crippen LogP contribution in [-0.2, 0) is 14.8 Å². The lowest BCUT2D eigenvalue weighted by molar-refractivity contribution is -0.122. The lowest BCUT2D eigenvalue weighted by atomic mass is 9.93. The summed E-state index contributed by atoms with van der Waals surface area (Å²) in [6.45, 7) is 11.7. The molecule has 1 amide bonds. The van der Waals surface area contributed by atoms with E-state index in [4.69, 9.17) is 16.3 Å². The Hall–Kier alpha value is -2.25. The van der Waals surface area contributed by atoms with E-state index in [1.165, 1.54) is 0 Å². The Balaban J connectivity index is 2.41. The number of ether oxygens (including phenoxy) is 1. The van der Waals surface area contributed by atoms with E-state index in [2.05, 4.69) is 25.2 Å².